The second-order valence-electron chi connectivity index (χ2n) is 7.16. The normalized spacial score (nSPS) is 15.1. The number of carbonyl (C=O) groups excluding carboxylic acids is 1. The van der Waals surface area contributed by atoms with Crippen molar-refractivity contribution in [2.24, 2.45) is 21.5 Å². The van der Waals surface area contributed by atoms with Crippen LogP contribution in [0.4, 0.5) is 10.5 Å². The zero-order valence-corrected chi connectivity index (χ0v) is 19.9. The lowest BCUT2D eigenvalue weighted by molar-refractivity contribution is 0.204. The van der Waals surface area contributed by atoms with E-state index in [1.165, 1.54) is 0 Å². The second-order valence-corrected chi connectivity index (χ2v) is 8.04. The van der Waals surface area contributed by atoms with Crippen molar-refractivity contribution in [1.29, 1.82) is 0 Å². The first-order valence-corrected chi connectivity index (χ1v) is 11.0. The maximum atomic E-state index is 10.9. The molecule has 1 saturated heterocycles. The summed E-state index contributed by atoms with van der Waals surface area (Å²) in [4.78, 5) is 22.4. The van der Waals surface area contributed by atoms with Crippen LogP contribution in [0.1, 0.15) is 13.3 Å². The van der Waals surface area contributed by atoms with Crippen LogP contribution in [-0.4, -0.2) is 53.9 Å². The Morgan fingerprint density at radius 3 is 2.21 bits per heavy atom. The Kier molecular flexibility index (Phi) is 10.5. The SMILES string of the molecule is CC1=NC(N)=NC=CC1.Clc1cccc(Cl)c1.NC(=O)N1CCN(c2ccccc2O)CC1. The third-order valence-corrected chi connectivity index (χ3v) is 5.10. The molecule has 5 N–H and O–H groups in total. The molecule has 2 aliphatic rings. The zero-order valence-electron chi connectivity index (χ0n) is 18.4. The molecule has 0 radical (unpaired) electrons. The first kappa shape index (κ1) is 26.0. The minimum Gasteiger partial charge on any atom is -0.506 e. The van der Waals surface area contributed by atoms with E-state index in [-0.39, 0.29) is 11.8 Å². The van der Waals surface area contributed by atoms with Gasteiger partial charge in [0.15, 0.2) is 0 Å². The van der Waals surface area contributed by atoms with Crippen molar-refractivity contribution in [1.82, 2.24) is 4.90 Å². The average Bonchev–Trinajstić information content (AvgIpc) is 2.97. The van der Waals surface area contributed by atoms with Gasteiger partial charge in [0.1, 0.15) is 5.75 Å². The van der Waals surface area contributed by atoms with Crippen molar-refractivity contribution in [3.05, 3.63) is 70.9 Å². The highest BCUT2D eigenvalue weighted by Gasteiger charge is 2.20. The molecule has 176 valence electrons. The van der Waals surface area contributed by atoms with Gasteiger partial charge < -0.3 is 26.4 Å². The molecular weight excluding hydrogens is 463 g/mol. The van der Waals surface area contributed by atoms with Crippen LogP contribution in [0.2, 0.25) is 10.0 Å². The van der Waals surface area contributed by atoms with Gasteiger partial charge in [0, 0.05) is 54.6 Å². The molecule has 2 amide bonds. The zero-order chi connectivity index (χ0) is 24.2. The summed E-state index contributed by atoms with van der Waals surface area (Å²) >= 11 is 11.1. The predicted molar refractivity (Wildman–Crippen MR) is 136 cm³/mol. The number of piperazine rings is 1. The summed E-state index contributed by atoms with van der Waals surface area (Å²) < 4.78 is 0. The van der Waals surface area contributed by atoms with E-state index in [2.05, 4.69) is 14.9 Å². The van der Waals surface area contributed by atoms with Gasteiger partial charge in [0.05, 0.1) is 5.69 Å². The van der Waals surface area contributed by atoms with E-state index >= 15 is 0 Å². The number of aromatic hydroxyl groups is 1. The highest BCUT2D eigenvalue weighted by atomic mass is 35.5. The van der Waals surface area contributed by atoms with Crippen molar-refractivity contribution < 1.29 is 9.90 Å². The van der Waals surface area contributed by atoms with Gasteiger partial charge in [-0.3, -0.25) is 0 Å². The quantitative estimate of drug-likeness (QED) is 0.552. The Morgan fingerprint density at radius 2 is 1.67 bits per heavy atom. The number of aliphatic imine (C=N–C) groups is 2. The largest absolute Gasteiger partial charge is 0.506 e. The molecule has 0 spiro atoms. The van der Waals surface area contributed by atoms with Crippen LogP contribution in [0.15, 0.2) is 70.8 Å². The second kappa shape index (κ2) is 13.3. The number of hydrogen-bond donors (Lipinski definition) is 3. The van der Waals surface area contributed by atoms with Gasteiger partial charge in [-0.2, -0.15) is 0 Å². The average molecular weight is 491 g/mol. The van der Waals surface area contributed by atoms with Crippen LogP contribution in [0.3, 0.4) is 0 Å². The number of allylic oxidation sites excluding steroid dienone is 1. The van der Waals surface area contributed by atoms with Crippen LogP contribution < -0.4 is 16.4 Å². The first-order chi connectivity index (χ1) is 15.8. The number of hydrogen-bond acceptors (Lipinski definition) is 6. The van der Waals surface area contributed by atoms with Crippen LogP contribution in [0, 0.1) is 0 Å². The van der Waals surface area contributed by atoms with Gasteiger partial charge in [-0.15, -0.1) is 0 Å². The number of benzene rings is 2. The summed E-state index contributed by atoms with van der Waals surface area (Å²) in [5.41, 5.74) is 12.4. The van der Waals surface area contributed by atoms with Crippen molar-refractivity contribution in [3.63, 3.8) is 0 Å². The van der Waals surface area contributed by atoms with Crippen LogP contribution in [0.5, 0.6) is 5.75 Å². The summed E-state index contributed by atoms with van der Waals surface area (Å²) in [5, 5.41) is 11.0. The van der Waals surface area contributed by atoms with Gasteiger partial charge in [0.2, 0.25) is 5.96 Å². The maximum Gasteiger partial charge on any atom is 0.314 e. The van der Waals surface area contributed by atoms with Crippen LogP contribution >= 0.6 is 23.2 Å². The number of halogens is 2. The minimum atomic E-state index is -0.378. The Balaban J connectivity index is 0.000000192. The number of amides is 2. The van der Waals surface area contributed by atoms with Crippen LogP contribution in [0.25, 0.3) is 0 Å². The highest BCUT2D eigenvalue weighted by molar-refractivity contribution is 6.34. The van der Waals surface area contributed by atoms with E-state index in [1.54, 1.807) is 41.4 Å². The number of primary amides is 1. The maximum absolute atomic E-state index is 10.9. The summed E-state index contributed by atoms with van der Waals surface area (Å²) in [6.45, 7) is 4.52. The smallest absolute Gasteiger partial charge is 0.314 e. The third-order valence-electron chi connectivity index (χ3n) is 4.63. The molecule has 2 aliphatic heterocycles. The number of nitrogens with two attached hydrogens (primary N) is 2. The number of rotatable bonds is 1. The lowest BCUT2D eigenvalue weighted by atomic mass is 10.2. The van der Waals surface area contributed by atoms with Gasteiger partial charge in [0.25, 0.3) is 0 Å². The number of phenols is 1. The molecule has 0 saturated carbocycles. The first-order valence-electron chi connectivity index (χ1n) is 10.3. The molecule has 0 aliphatic carbocycles. The fourth-order valence-electron chi connectivity index (χ4n) is 2.98. The molecule has 33 heavy (non-hydrogen) atoms. The Labute approximate surface area is 203 Å². The van der Waals surface area contributed by atoms with E-state index < -0.39 is 0 Å². The van der Waals surface area contributed by atoms with Crippen molar-refractivity contribution in [2.45, 2.75) is 13.3 Å². The number of phenolic OH excluding ortho intramolecular Hbond substituents is 1. The number of urea groups is 1. The standard InChI is InChI=1S/C11H15N3O2.C6H4Cl2.C6H9N3/c12-11(16)14-7-5-13(6-8-14)9-3-1-2-4-10(9)15;7-5-2-1-3-6(8)4-5;1-5-3-2-4-8-6(7)9-5/h1-4,15H,5-8H2,(H2,12,16);1-4H;2,4H,3H2,1H3,(H2,7,8). The van der Waals surface area contributed by atoms with Gasteiger partial charge >= 0.3 is 6.03 Å². The number of anilines is 1. The number of nitrogens with zero attached hydrogens (tertiary/aromatic N) is 4. The van der Waals surface area contributed by atoms with Crippen molar-refractivity contribution >= 4 is 46.6 Å². The molecule has 0 unspecified atom stereocenters. The Morgan fingerprint density at radius 1 is 1.03 bits per heavy atom. The van der Waals surface area contributed by atoms with E-state index in [4.69, 9.17) is 34.7 Å². The molecule has 8 nitrogen and oxygen atoms in total. The topological polar surface area (TPSA) is 121 Å². The molecule has 2 heterocycles. The highest BCUT2D eigenvalue weighted by Crippen LogP contribution is 2.27. The van der Waals surface area contributed by atoms with Crippen molar-refractivity contribution in [2.75, 3.05) is 31.1 Å². The molecule has 10 heteroatoms. The molecule has 4 rings (SSSR count). The van der Waals surface area contributed by atoms with Gasteiger partial charge in [-0.25, -0.2) is 14.8 Å². The minimum absolute atomic E-state index is 0.273. The third kappa shape index (κ3) is 9.43. The number of guanidine groups is 1. The Bertz CT molecular complexity index is 1000. The summed E-state index contributed by atoms with van der Waals surface area (Å²) in [6, 6.07) is 13.9. The summed E-state index contributed by atoms with van der Waals surface area (Å²) in [6.07, 6.45) is 4.46. The van der Waals surface area contributed by atoms with E-state index in [0.717, 1.165) is 17.8 Å². The van der Waals surface area contributed by atoms with Gasteiger partial charge in [-0.05, 0) is 37.3 Å². The summed E-state index contributed by atoms with van der Waals surface area (Å²) in [5.74, 6) is 0.622. The van der Waals surface area contributed by atoms with Crippen molar-refractivity contribution in [3.8, 4) is 5.75 Å². The Hall–Kier alpha value is -3.23. The molecule has 2 aromatic carbocycles. The van der Waals surface area contributed by atoms with E-state index in [9.17, 15) is 9.90 Å². The predicted octanol–water partition coefficient (Wildman–Crippen LogP) is 4.27. The number of para-hydroxylation sites is 2. The van der Waals surface area contributed by atoms with Crippen LogP contribution in [-0.2, 0) is 0 Å². The number of carbonyl (C=O) groups is 1. The fraction of sp³-hybridized carbons (Fsp3) is 0.261. The molecule has 1 fully saturated rings. The monoisotopic (exact) mass is 490 g/mol. The molecular formula is C23H28Cl2N6O2. The van der Waals surface area contributed by atoms with E-state index in [0.29, 0.717) is 42.2 Å². The summed E-state index contributed by atoms with van der Waals surface area (Å²) in [7, 11) is 0. The van der Waals surface area contributed by atoms with E-state index in [1.807, 2.05) is 31.2 Å². The van der Waals surface area contributed by atoms with Gasteiger partial charge in [-0.1, -0.05) is 47.5 Å². The lowest BCUT2D eigenvalue weighted by Crippen LogP contribution is -2.50. The molecule has 0 aromatic heterocycles. The molecule has 0 atom stereocenters. The lowest BCUT2D eigenvalue weighted by Gasteiger charge is -2.35. The molecule has 0 bridgehead atoms. The molecule has 2 aromatic rings. The fourth-order valence-corrected chi connectivity index (χ4v) is 3.42.